The maximum atomic E-state index is 12.1. The average molecular weight is 246 g/mol. The first-order chi connectivity index (χ1) is 8.38. The molecule has 2 rings (SSSR count). The molecule has 1 aliphatic heterocycles. The minimum Gasteiger partial charge on any atom is -0.493 e. The summed E-state index contributed by atoms with van der Waals surface area (Å²) in [5.41, 5.74) is 2.09. The second-order valence-electron chi connectivity index (χ2n) is 6.26. The fourth-order valence-corrected chi connectivity index (χ4v) is 2.18. The second kappa shape index (κ2) is 4.75. The molecule has 0 spiro atoms. The van der Waals surface area contributed by atoms with Crippen molar-refractivity contribution in [3.8, 4) is 5.75 Å². The van der Waals surface area contributed by atoms with Gasteiger partial charge in [-0.2, -0.15) is 0 Å². The van der Waals surface area contributed by atoms with Gasteiger partial charge < -0.3 is 4.74 Å². The van der Waals surface area contributed by atoms with E-state index in [0.29, 0.717) is 12.3 Å². The Balaban J connectivity index is 2.21. The van der Waals surface area contributed by atoms with Crippen LogP contribution in [0.2, 0.25) is 0 Å². The molecule has 0 bridgehead atoms. The van der Waals surface area contributed by atoms with Gasteiger partial charge in [0.1, 0.15) is 11.5 Å². The number of fused-ring (bicyclic) bond motifs is 1. The molecule has 0 saturated carbocycles. The standard InChI is InChI=1S/C16H22O2/c1-11-7-8-18-14-6-5-12(9-13(11)14)10-15(17)16(2,3)4/h5-6,9,11H,7-8,10H2,1-4H3. The van der Waals surface area contributed by atoms with E-state index in [2.05, 4.69) is 13.0 Å². The molecular formula is C16H22O2. The van der Waals surface area contributed by atoms with E-state index in [9.17, 15) is 4.79 Å². The van der Waals surface area contributed by atoms with Crippen molar-refractivity contribution in [3.63, 3.8) is 0 Å². The Bertz CT molecular complexity index is 455. The highest BCUT2D eigenvalue weighted by Gasteiger charge is 2.23. The highest BCUT2D eigenvalue weighted by Crippen LogP contribution is 2.34. The zero-order valence-electron chi connectivity index (χ0n) is 11.7. The predicted octanol–water partition coefficient (Wildman–Crippen LogP) is 3.73. The highest BCUT2D eigenvalue weighted by molar-refractivity contribution is 5.85. The van der Waals surface area contributed by atoms with E-state index in [-0.39, 0.29) is 11.2 Å². The Morgan fingerprint density at radius 3 is 2.78 bits per heavy atom. The molecule has 1 unspecified atom stereocenters. The number of rotatable bonds is 2. The summed E-state index contributed by atoms with van der Waals surface area (Å²) in [5.74, 6) is 1.80. The first kappa shape index (κ1) is 13.1. The van der Waals surface area contributed by atoms with Crippen molar-refractivity contribution < 1.29 is 9.53 Å². The van der Waals surface area contributed by atoms with Gasteiger partial charge in [-0.25, -0.2) is 0 Å². The van der Waals surface area contributed by atoms with Gasteiger partial charge in [-0.3, -0.25) is 4.79 Å². The van der Waals surface area contributed by atoms with Crippen LogP contribution in [0.25, 0.3) is 0 Å². The summed E-state index contributed by atoms with van der Waals surface area (Å²) in [6, 6.07) is 6.17. The lowest BCUT2D eigenvalue weighted by atomic mass is 9.86. The zero-order valence-corrected chi connectivity index (χ0v) is 11.7. The highest BCUT2D eigenvalue weighted by atomic mass is 16.5. The molecule has 0 amide bonds. The van der Waals surface area contributed by atoms with E-state index in [1.165, 1.54) is 5.56 Å². The van der Waals surface area contributed by atoms with Crippen LogP contribution >= 0.6 is 0 Å². The van der Waals surface area contributed by atoms with E-state index in [1.807, 2.05) is 32.9 Å². The molecular weight excluding hydrogens is 224 g/mol. The van der Waals surface area contributed by atoms with Gasteiger partial charge in [0.25, 0.3) is 0 Å². The van der Waals surface area contributed by atoms with Gasteiger partial charge in [0.15, 0.2) is 0 Å². The summed E-state index contributed by atoms with van der Waals surface area (Å²) in [7, 11) is 0. The number of carbonyl (C=O) groups is 1. The van der Waals surface area contributed by atoms with Gasteiger partial charge in [-0.15, -0.1) is 0 Å². The van der Waals surface area contributed by atoms with Crippen LogP contribution in [0.1, 0.15) is 51.2 Å². The summed E-state index contributed by atoms with van der Waals surface area (Å²) < 4.78 is 5.64. The molecule has 18 heavy (non-hydrogen) atoms. The molecule has 0 N–H and O–H groups in total. The SMILES string of the molecule is CC1CCOc2ccc(CC(=O)C(C)(C)C)cc21. The number of ketones is 1. The number of Topliss-reactive ketones (excluding diaryl/α,β-unsaturated/α-hetero) is 1. The van der Waals surface area contributed by atoms with Crippen molar-refractivity contribution in [1.82, 2.24) is 0 Å². The van der Waals surface area contributed by atoms with Crippen molar-refractivity contribution in [1.29, 1.82) is 0 Å². The predicted molar refractivity (Wildman–Crippen MR) is 73.1 cm³/mol. The number of benzene rings is 1. The Morgan fingerprint density at radius 1 is 1.39 bits per heavy atom. The topological polar surface area (TPSA) is 26.3 Å². The molecule has 0 fully saturated rings. The number of ether oxygens (including phenoxy) is 1. The van der Waals surface area contributed by atoms with Crippen LogP contribution in [0.3, 0.4) is 0 Å². The maximum absolute atomic E-state index is 12.1. The average Bonchev–Trinajstić information content (AvgIpc) is 2.29. The first-order valence-electron chi connectivity index (χ1n) is 6.67. The van der Waals surface area contributed by atoms with Crippen molar-refractivity contribution in [2.45, 2.75) is 46.5 Å². The fraction of sp³-hybridized carbons (Fsp3) is 0.562. The molecule has 1 aromatic rings. The van der Waals surface area contributed by atoms with Gasteiger partial charge in [0, 0.05) is 11.8 Å². The number of carbonyl (C=O) groups excluding carboxylic acids is 1. The Labute approximate surface area is 109 Å². The van der Waals surface area contributed by atoms with Gasteiger partial charge >= 0.3 is 0 Å². The van der Waals surface area contributed by atoms with E-state index < -0.39 is 0 Å². The summed E-state index contributed by atoms with van der Waals surface area (Å²) in [6.07, 6.45) is 1.58. The molecule has 0 aromatic heterocycles. The normalized spacial score (nSPS) is 19.0. The molecule has 0 radical (unpaired) electrons. The van der Waals surface area contributed by atoms with Crippen molar-refractivity contribution in [2.75, 3.05) is 6.61 Å². The van der Waals surface area contributed by atoms with E-state index in [1.54, 1.807) is 0 Å². The molecule has 0 aliphatic carbocycles. The van der Waals surface area contributed by atoms with Crippen molar-refractivity contribution in [2.24, 2.45) is 5.41 Å². The lowest BCUT2D eigenvalue weighted by Gasteiger charge is -2.24. The molecule has 98 valence electrons. The molecule has 1 heterocycles. The van der Waals surface area contributed by atoms with Gasteiger partial charge in [0.2, 0.25) is 0 Å². The minimum absolute atomic E-state index is 0.266. The summed E-state index contributed by atoms with van der Waals surface area (Å²) in [6.45, 7) is 8.93. The molecule has 1 atom stereocenters. The Morgan fingerprint density at radius 2 is 2.11 bits per heavy atom. The zero-order chi connectivity index (χ0) is 13.3. The number of hydrogen-bond acceptors (Lipinski definition) is 2. The van der Waals surface area contributed by atoms with Crippen LogP contribution in [0.15, 0.2) is 18.2 Å². The molecule has 0 saturated heterocycles. The van der Waals surface area contributed by atoms with Crippen LogP contribution in [0, 0.1) is 5.41 Å². The third kappa shape index (κ3) is 2.74. The maximum Gasteiger partial charge on any atom is 0.142 e. The molecule has 2 heteroatoms. The van der Waals surface area contributed by atoms with Crippen LogP contribution in [0.5, 0.6) is 5.75 Å². The van der Waals surface area contributed by atoms with Gasteiger partial charge in [-0.05, 0) is 29.5 Å². The van der Waals surface area contributed by atoms with E-state index in [4.69, 9.17) is 4.74 Å². The summed E-state index contributed by atoms with van der Waals surface area (Å²) in [4.78, 5) is 12.1. The van der Waals surface area contributed by atoms with Crippen LogP contribution in [-0.2, 0) is 11.2 Å². The van der Waals surface area contributed by atoms with Crippen molar-refractivity contribution in [3.05, 3.63) is 29.3 Å². The number of hydrogen-bond donors (Lipinski definition) is 0. The molecule has 1 aromatic carbocycles. The van der Waals surface area contributed by atoms with Crippen LogP contribution in [0.4, 0.5) is 0 Å². The third-order valence-electron chi connectivity index (χ3n) is 3.61. The van der Waals surface area contributed by atoms with E-state index >= 15 is 0 Å². The quantitative estimate of drug-likeness (QED) is 0.794. The minimum atomic E-state index is -0.266. The first-order valence-corrected chi connectivity index (χ1v) is 6.67. The lowest BCUT2D eigenvalue weighted by molar-refractivity contribution is -0.125. The summed E-state index contributed by atoms with van der Waals surface area (Å²) in [5, 5.41) is 0. The van der Waals surface area contributed by atoms with E-state index in [0.717, 1.165) is 24.3 Å². The third-order valence-corrected chi connectivity index (χ3v) is 3.61. The van der Waals surface area contributed by atoms with Gasteiger partial charge in [-0.1, -0.05) is 39.8 Å². The second-order valence-corrected chi connectivity index (χ2v) is 6.26. The smallest absolute Gasteiger partial charge is 0.142 e. The largest absolute Gasteiger partial charge is 0.493 e. The van der Waals surface area contributed by atoms with Crippen LogP contribution in [-0.4, -0.2) is 12.4 Å². The summed E-state index contributed by atoms with van der Waals surface area (Å²) >= 11 is 0. The van der Waals surface area contributed by atoms with Gasteiger partial charge in [0.05, 0.1) is 6.61 Å². The molecule has 2 nitrogen and oxygen atoms in total. The fourth-order valence-electron chi connectivity index (χ4n) is 2.18. The molecule has 1 aliphatic rings. The Hall–Kier alpha value is -1.31. The van der Waals surface area contributed by atoms with Crippen molar-refractivity contribution >= 4 is 5.78 Å². The lowest BCUT2D eigenvalue weighted by Crippen LogP contribution is -2.22. The Kier molecular flexibility index (Phi) is 3.47. The van der Waals surface area contributed by atoms with Crippen LogP contribution < -0.4 is 4.74 Å². The monoisotopic (exact) mass is 246 g/mol.